The Morgan fingerprint density at radius 1 is 1.26 bits per heavy atom. The zero-order valence-electron chi connectivity index (χ0n) is 13.9. The number of anilines is 1. The summed E-state index contributed by atoms with van der Waals surface area (Å²) in [7, 11) is -4.10. The molecule has 0 spiro atoms. The van der Waals surface area contributed by atoms with Crippen molar-refractivity contribution >= 4 is 21.4 Å². The maximum atomic E-state index is 12.8. The molecule has 1 aromatic heterocycles. The van der Waals surface area contributed by atoms with Gasteiger partial charge in [-0.05, 0) is 43.2 Å². The van der Waals surface area contributed by atoms with E-state index < -0.39 is 21.9 Å². The number of sulfone groups is 1. The molecule has 0 saturated heterocycles. The molecule has 1 aromatic carbocycles. The summed E-state index contributed by atoms with van der Waals surface area (Å²) >= 11 is 0. The van der Waals surface area contributed by atoms with Crippen LogP contribution in [0.5, 0.6) is 5.75 Å². The number of carbonyl (C=O) groups excluding carboxylic acids is 1. The number of amides is 1. The van der Waals surface area contributed by atoms with Gasteiger partial charge >= 0.3 is 6.36 Å². The Morgan fingerprint density at radius 3 is 2.44 bits per heavy atom. The second kappa shape index (κ2) is 6.80. The normalized spacial score (nSPS) is 14.8. The third kappa shape index (κ3) is 4.73. The van der Waals surface area contributed by atoms with Crippen molar-refractivity contribution in [2.45, 2.75) is 41.7 Å². The van der Waals surface area contributed by atoms with Crippen LogP contribution in [0.4, 0.5) is 18.9 Å². The van der Waals surface area contributed by atoms with Gasteiger partial charge in [0.2, 0.25) is 15.7 Å². The molecular formula is C16H16F3N3O4S. The van der Waals surface area contributed by atoms with Crippen molar-refractivity contribution in [3.8, 4) is 5.75 Å². The molecule has 7 nitrogen and oxygen atoms in total. The van der Waals surface area contributed by atoms with E-state index in [0.29, 0.717) is 0 Å². The van der Waals surface area contributed by atoms with E-state index >= 15 is 0 Å². The van der Waals surface area contributed by atoms with Crippen LogP contribution in [0.2, 0.25) is 0 Å². The molecular weight excluding hydrogens is 387 g/mol. The summed E-state index contributed by atoms with van der Waals surface area (Å²) < 4.78 is 67.2. The fraction of sp³-hybridized carbons (Fsp3) is 0.312. The highest BCUT2D eigenvalue weighted by molar-refractivity contribution is 7.91. The van der Waals surface area contributed by atoms with Crippen LogP contribution in [0.25, 0.3) is 0 Å². The van der Waals surface area contributed by atoms with Gasteiger partial charge in [-0.3, -0.25) is 4.79 Å². The molecule has 0 bridgehead atoms. The number of nitrogens with two attached hydrogens (primary N) is 1. The predicted octanol–water partition coefficient (Wildman–Crippen LogP) is 2.08. The molecule has 1 fully saturated rings. The fourth-order valence-corrected chi connectivity index (χ4v) is 3.91. The summed E-state index contributed by atoms with van der Waals surface area (Å²) in [5, 5.41) is 2.51. The molecule has 11 heteroatoms. The van der Waals surface area contributed by atoms with Crippen molar-refractivity contribution in [1.82, 2.24) is 9.88 Å². The van der Waals surface area contributed by atoms with Crippen LogP contribution in [0.1, 0.15) is 12.8 Å². The molecule has 1 aliphatic carbocycles. The van der Waals surface area contributed by atoms with Crippen LogP contribution in [-0.4, -0.2) is 31.3 Å². The van der Waals surface area contributed by atoms with Gasteiger partial charge in [0.1, 0.15) is 17.3 Å². The van der Waals surface area contributed by atoms with E-state index in [1.807, 2.05) is 0 Å². The topological polar surface area (TPSA) is 103 Å². The van der Waals surface area contributed by atoms with Gasteiger partial charge in [-0.25, -0.2) is 8.42 Å². The second-order valence-corrected chi connectivity index (χ2v) is 8.00. The van der Waals surface area contributed by atoms with Crippen LogP contribution >= 0.6 is 0 Å². The van der Waals surface area contributed by atoms with Crippen molar-refractivity contribution in [3.63, 3.8) is 0 Å². The Labute approximate surface area is 152 Å². The van der Waals surface area contributed by atoms with E-state index in [4.69, 9.17) is 5.73 Å². The van der Waals surface area contributed by atoms with Gasteiger partial charge in [0, 0.05) is 12.2 Å². The number of nitrogen functional groups attached to an aromatic ring is 1. The average molecular weight is 403 g/mol. The summed E-state index contributed by atoms with van der Waals surface area (Å²) in [6.07, 6.45) is -1.78. The number of nitrogens with zero attached hydrogens (tertiary/aromatic N) is 1. The monoisotopic (exact) mass is 403 g/mol. The lowest BCUT2D eigenvalue weighted by molar-refractivity contribution is -0.274. The minimum absolute atomic E-state index is 0.117. The van der Waals surface area contributed by atoms with Gasteiger partial charge in [0.15, 0.2) is 0 Å². The number of hydrogen-bond acceptors (Lipinski definition) is 5. The maximum absolute atomic E-state index is 12.8. The minimum atomic E-state index is -4.88. The third-order valence-corrected chi connectivity index (χ3v) is 5.57. The Balaban J connectivity index is 1.85. The maximum Gasteiger partial charge on any atom is 0.573 e. The largest absolute Gasteiger partial charge is 0.573 e. The van der Waals surface area contributed by atoms with Crippen LogP contribution in [-0.2, 0) is 21.2 Å². The lowest BCUT2D eigenvalue weighted by Gasteiger charge is -2.11. The number of aromatic nitrogens is 1. The van der Waals surface area contributed by atoms with Gasteiger partial charge < -0.3 is 20.4 Å². The number of hydrogen-bond donors (Lipinski definition) is 2. The number of halogens is 3. The van der Waals surface area contributed by atoms with Crippen molar-refractivity contribution in [3.05, 3.63) is 36.5 Å². The molecule has 0 radical (unpaired) electrons. The van der Waals surface area contributed by atoms with E-state index in [-0.39, 0.29) is 34.1 Å². The molecule has 1 saturated carbocycles. The van der Waals surface area contributed by atoms with Crippen molar-refractivity contribution in [2.24, 2.45) is 0 Å². The van der Waals surface area contributed by atoms with Gasteiger partial charge in [0.25, 0.3) is 0 Å². The Morgan fingerprint density at radius 2 is 1.89 bits per heavy atom. The second-order valence-electron chi connectivity index (χ2n) is 6.10. The highest BCUT2D eigenvalue weighted by Gasteiger charge is 2.31. The number of benzene rings is 1. The first kappa shape index (κ1) is 19.1. The summed E-state index contributed by atoms with van der Waals surface area (Å²) in [6.45, 7) is -0.239. The summed E-state index contributed by atoms with van der Waals surface area (Å²) in [4.78, 5) is 11.7. The summed E-state index contributed by atoms with van der Waals surface area (Å²) in [6, 6.07) is 5.10. The molecule has 0 atom stereocenters. The average Bonchev–Trinajstić information content (AvgIpc) is 3.27. The van der Waals surface area contributed by atoms with Crippen LogP contribution in [0.3, 0.4) is 0 Å². The first-order valence-corrected chi connectivity index (χ1v) is 9.39. The number of carbonyl (C=O) groups is 1. The Bertz CT molecular complexity index is 948. The lowest BCUT2D eigenvalue weighted by atomic mass is 10.3. The Hall–Kier alpha value is -2.69. The SMILES string of the molecule is Nc1cc(S(=O)(=O)c2ccc(OC(F)(F)F)cc2)n(CC(=O)NC2CC2)c1. The molecule has 2 aromatic rings. The lowest BCUT2D eigenvalue weighted by Crippen LogP contribution is -2.30. The van der Waals surface area contributed by atoms with E-state index in [2.05, 4.69) is 10.1 Å². The Kier molecular flexibility index (Phi) is 4.81. The van der Waals surface area contributed by atoms with Crippen LogP contribution in [0.15, 0.2) is 46.5 Å². The first-order valence-electron chi connectivity index (χ1n) is 7.90. The molecule has 1 heterocycles. The standard InChI is InChI=1S/C16H16F3N3O4S/c17-16(18,19)26-12-3-5-13(6-4-12)27(24,25)15-7-10(20)8-22(15)9-14(23)21-11-1-2-11/h3-8,11H,1-2,9,20H2,(H,21,23). The van der Waals surface area contributed by atoms with Crippen molar-refractivity contribution in [1.29, 1.82) is 0 Å². The van der Waals surface area contributed by atoms with E-state index in [9.17, 15) is 26.4 Å². The van der Waals surface area contributed by atoms with Gasteiger partial charge in [-0.1, -0.05) is 0 Å². The number of rotatable bonds is 6. The van der Waals surface area contributed by atoms with Gasteiger partial charge in [-0.15, -0.1) is 13.2 Å². The third-order valence-electron chi connectivity index (χ3n) is 3.78. The quantitative estimate of drug-likeness (QED) is 0.769. The highest BCUT2D eigenvalue weighted by atomic mass is 32.2. The molecule has 3 N–H and O–H groups in total. The fourth-order valence-electron chi connectivity index (χ4n) is 2.46. The minimum Gasteiger partial charge on any atom is -0.406 e. The number of ether oxygens (including phenoxy) is 1. The van der Waals surface area contributed by atoms with Gasteiger partial charge in [0.05, 0.1) is 10.6 Å². The summed E-state index contributed by atoms with van der Waals surface area (Å²) in [5.74, 6) is -0.890. The molecule has 0 unspecified atom stereocenters. The summed E-state index contributed by atoms with van der Waals surface area (Å²) in [5.41, 5.74) is 5.82. The van der Waals surface area contributed by atoms with E-state index in [0.717, 1.165) is 37.1 Å². The smallest absolute Gasteiger partial charge is 0.406 e. The van der Waals surface area contributed by atoms with Crippen LogP contribution in [0, 0.1) is 0 Å². The first-order chi connectivity index (χ1) is 12.5. The number of alkyl halides is 3. The molecule has 0 aliphatic heterocycles. The van der Waals surface area contributed by atoms with Crippen LogP contribution < -0.4 is 15.8 Å². The number of nitrogens with one attached hydrogen (secondary N) is 1. The zero-order valence-corrected chi connectivity index (χ0v) is 14.7. The van der Waals surface area contributed by atoms with E-state index in [1.165, 1.54) is 16.8 Å². The molecule has 27 heavy (non-hydrogen) atoms. The zero-order chi connectivity index (χ0) is 19.8. The van der Waals surface area contributed by atoms with E-state index in [1.54, 1.807) is 0 Å². The van der Waals surface area contributed by atoms with Crippen molar-refractivity contribution < 1.29 is 31.1 Å². The molecule has 1 aliphatic rings. The molecule has 146 valence electrons. The molecule has 3 rings (SSSR count). The highest BCUT2D eigenvalue weighted by Crippen LogP contribution is 2.28. The molecule has 1 amide bonds. The van der Waals surface area contributed by atoms with Gasteiger partial charge in [-0.2, -0.15) is 0 Å². The van der Waals surface area contributed by atoms with Crippen molar-refractivity contribution in [2.75, 3.05) is 5.73 Å². The predicted molar refractivity (Wildman–Crippen MR) is 88.6 cm³/mol.